The number of hydrogen-bond acceptors (Lipinski definition) is 4. The molecule has 1 aliphatic heterocycles. The standard InChI is InChI=1S/C25H18Cl3NO2S2/c1-15-2-4-16(5-3-15)13-29-24(30)23(33-25(29)32)11-17-6-9-22(21(28)10-17)31-14-18-7-8-19(26)12-20(18)27/h2-12H,13-14H2,1H3/b23-11-. The third kappa shape index (κ3) is 5.92. The van der Waals surface area contributed by atoms with Crippen LogP contribution in [-0.2, 0) is 17.9 Å². The quantitative estimate of drug-likeness (QED) is 0.237. The van der Waals surface area contributed by atoms with Crippen molar-refractivity contribution < 1.29 is 9.53 Å². The second-order valence-corrected chi connectivity index (χ2v) is 10.4. The van der Waals surface area contributed by atoms with Crippen LogP contribution in [0.25, 0.3) is 6.08 Å². The van der Waals surface area contributed by atoms with Crippen LogP contribution in [0, 0.1) is 6.92 Å². The minimum absolute atomic E-state index is 0.112. The topological polar surface area (TPSA) is 29.5 Å². The number of benzene rings is 3. The first-order valence-electron chi connectivity index (χ1n) is 9.97. The van der Waals surface area contributed by atoms with Crippen LogP contribution in [0.15, 0.2) is 65.6 Å². The average Bonchev–Trinajstić information content (AvgIpc) is 3.03. The fourth-order valence-corrected chi connectivity index (χ4v) is 5.14. The molecule has 0 bridgehead atoms. The van der Waals surface area contributed by atoms with Crippen molar-refractivity contribution in [2.24, 2.45) is 0 Å². The summed E-state index contributed by atoms with van der Waals surface area (Å²) in [7, 11) is 0. The fourth-order valence-electron chi connectivity index (χ4n) is 3.18. The number of aryl methyl sites for hydroxylation is 1. The van der Waals surface area contributed by atoms with Gasteiger partial charge in [0.15, 0.2) is 0 Å². The summed E-state index contributed by atoms with van der Waals surface area (Å²) in [5.41, 5.74) is 3.79. The molecule has 0 saturated carbocycles. The zero-order valence-corrected chi connectivity index (χ0v) is 21.4. The van der Waals surface area contributed by atoms with Crippen LogP contribution < -0.4 is 4.74 Å². The minimum Gasteiger partial charge on any atom is -0.487 e. The van der Waals surface area contributed by atoms with Crippen molar-refractivity contribution in [3.63, 3.8) is 0 Å². The van der Waals surface area contributed by atoms with Gasteiger partial charge in [-0.1, -0.05) is 101 Å². The maximum absolute atomic E-state index is 12.9. The number of thioether (sulfide) groups is 1. The number of halogens is 3. The van der Waals surface area contributed by atoms with Crippen molar-refractivity contribution in [2.45, 2.75) is 20.1 Å². The highest BCUT2D eigenvalue weighted by Gasteiger charge is 2.32. The van der Waals surface area contributed by atoms with Crippen molar-refractivity contribution in [1.82, 2.24) is 4.90 Å². The van der Waals surface area contributed by atoms with Gasteiger partial charge >= 0.3 is 0 Å². The predicted octanol–water partition coefficient (Wildman–Crippen LogP) is 7.94. The molecule has 1 heterocycles. The van der Waals surface area contributed by atoms with Gasteiger partial charge in [-0.2, -0.15) is 0 Å². The zero-order chi connectivity index (χ0) is 23.5. The monoisotopic (exact) mass is 533 g/mol. The van der Waals surface area contributed by atoms with Gasteiger partial charge in [0, 0.05) is 15.6 Å². The molecule has 0 unspecified atom stereocenters. The highest BCUT2D eigenvalue weighted by molar-refractivity contribution is 8.26. The van der Waals surface area contributed by atoms with E-state index in [1.165, 1.54) is 17.3 Å². The molecule has 0 spiro atoms. The Labute approximate surface area is 217 Å². The van der Waals surface area contributed by atoms with E-state index in [0.717, 1.165) is 16.7 Å². The normalized spacial score (nSPS) is 14.9. The highest BCUT2D eigenvalue weighted by Crippen LogP contribution is 2.35. The Morgan fingerprint density at radius 1 is 1.00 bits per heavy atom. The molecule has 33 heavy (non-hydrogen) atoms. The molecule has 8 heteroatoms. The number of carbonyl (C=O) groups excluding carboxylic acids is 1. The van der Waals surface area contributed by atoms with Crippen molar-refractivity contribution in [1.29, 1.82) is 0 Å². The van der Waals surface area contributed by atoms with Crippen LogP contribution in [0.4, 0.5) is 0 Å². The Morgan fingerprint density at radius 2 is 1.76 bits per heavy atom. The molecule has 0 aliphatic carbocycles. The van der Waals surface area contributed by atoms with Gasteiger partial charge in [-0.25, -0.2) is 0 Å². The lowest BCUT2D eigenvalue weighted by Gasteiger charge is -2.14. The van der Waals surface area contributed by atoms with Crippen LogP contribution in [0.2, 0.25) is 15.1 Å². The van der Waals surface area contributed by atoms with E-state index in [1.54, 1.807) is 35.2 Å². The van der Waals surface area contributed by atoms with E-state index in [4.69, 9.17) is 51.8 Å². The number of hydrogen-bond donors (Lipinski definition) is 0. The summed E-state index contributed by atoms with van der Waals surface area (Å²) in [6.45, 7) is 2.73. The molecule has 0 N–H and O–H groups in total. The third-order valence-electron chi connectivity index (χ3n) is 4.99. The Hall–Kier alpha value is -2.02. The molecule has 168 valence electrons. The van der Waals surface area contributed by atoms with E-state index in [0.29, 0.717) is 36.6 Å². The van der Waals surface area contributed by atoms with Crippen LogP contribution in [-0.4, -0.2) is 15.1 Å². The van der Waals surface area contributed by atoms with Crippen LogP contribution >= 0.6 is 58.8 Å². The second-order valence-electron chi connectivity index (χ2n) is 7.47. The van der Waals surface area contributed by atoms with Crippen molar-refractivity contribution >= 4 is 75.1 Å². The maximum atomic E-state index is 12.9. The van der Waals surface area contributed by atoms with Crippen molar-refractivity contribution in [3.05, 3.63) is 103 Å². The molecule has 3 aromatic carbocycles. The maximum Gasteiger partial charge on any atom is 0.266 e. The van der Waals surface area contributed by atoms with Gasteiger partial charge in [-0.15, -0.1) is 0 Å². The summed E-state index contributed by atoms with van der Waals surface area (Å²) < 4.78 is 6.36. The number of nitrogens with zero attached hydrogens (tertiary/aromatic N) is 1. The zero-order valence-electron chi connectivity index (χ0n) is 17.5. The van der Waals surface area contributed by atoms with Crippen molar-refractivity contribution in [3.8, 4) is 5.75 Å². The number of carbonyl (C=O) groups is 1. The van der Waals surface area contributed by atoms with E-state index in [1.807, 2.05) is 43.3 Å². The van der Waals surface area contributed by atoms with Gasteiger partial charge in [0.25, 0.3) is 5.91 Å². The summed E-state index contributed by atoms with van der Waals surface area (Å²) in [4.78, 5) is 15.1. The van der Waals surface area contributed by atoms with E-state index < -0.39 is 0 Å². The summed E-state index contributed by atoms with van der Waals surface area (Å²) in [5, 5.41) is 1.53. The van der Waals surface area contributed by atoms with E-state index in [-0.39, 0.29) is 12.5 Å². The largest absolute Gasteiger partial charge is 0.487 e. The molecule has 1 aliphatic rings. The Morgan fingerprint density at radius 3 is 2.45 bits per heavy atom. The van der Waals surface area contributed by atoms with E-state index in [2.05, 4.69) is 0 Å². The third-order valence-corrected chi connectivity index (χ3v) is 7.25. The molecule has 1 saturated heterocycles. The highest BCUT2D eigenvalue weighted by atomic mass is 35.5. The first-order valence-corrected chi connectivity index (χ1v) is 12.3. The van der Waals surface area contributed by atoms with Gasteiger partial charge in [0.1, 0.15) is 16.7 Å². The summed E-state index contributed by atoms with van der Waals surface area (Å²) >= 11 is 25.3. The Bertz CT molecular complexity index is 1260. The number of amides is 1. The van der Waals surface area contributed by atoms with Crippen molar-refractivity contribution in [2.75, 3.05) is 0 Å². The molecule has 4 rings (SSSR count). The average molecular weight is 535 g/mol. The minimum atomic E-state index is -0.112. The first kappa shape index (κ1) is 24.1. The molecule has 0 aromatic heterocycles. The summed E-state index contributed by atoms with van der Waals surface area (Å²) in [6.07, 6.45) is 1.79. The van der Waals surface area contributed by atoms with E-state index >= 15 is 0 Å². The molecular weight excluding hydrogens is 517 g/mol. The van der Waals surface area contributed by atoms with Crippen LogP contribution in [0.3, 0.4) is 0 Å². The first-order chi connectivity index (χ1) is 15.8. The SMILES string of the molecule is Cc1ccc(CN2C(=O)/C(=C/c3ccc(OCc4ccc(Cl)cc4Cl)c(Cl)c3)SC2=S)cc1. The van der Waals surface area contributed by atoms with Gasteiger partial charge in [0.2, 0.25) is 0 Å². The Balaban J connectivity index is 1.45. The number of thiocarbonyl (C=S) groups is 1. The van der Waals surface area contributed by atoms with E-state index in [9.17, 15) is 4.79 Å². The molecule has 1 fully saturated rings. The predicted molar refractivity (Wildman–Crippen MR) is 142 cm³/mol. The summed E-state index contributed by atoms with van der Waals surface area (Å²) in [6, 6.07) is 18.7. The molecule has 3 nitrogen and oxygen atoms in total. The molecule has 0 radical (unpaired) electrons. The molecule has 0 atom stereocenters. The fraction of sp³-hybridized carbons (Fsp3) is 0.120. The van der Waals surface area contributed by atoms with Gasteiger partial charge in [0.05, 0.1) is 16.5 Å². The van der Waals surface area contributed by atoms with Crippen LogP contribution in [0.1, 0.15) is 22.3 Å². The molecule has 3 aromatic rings. The summed E-state index contributed by atoms with van der Waals surface area (Å²) in [5.74, 6) is 0.408. The van der Waals surface area contributed by atoms with Gasteiger partial charge < -0.3 is 4.74 Å². The van der Waals surface area contributed by atoms with Gasteiger partial charge in [-0.3, -0.25) is 9.69 Å². The lowest BCUT2D eigenvalue weighted by atomic mass is 10.1. The van der Waals surface area contributed by atoms with Crippen LogP contribution in [0.5, 0.6) is 5.75 Å². The van der Waals surface area contributed by atoms with Gasteiger partial charge in [-0.05, 0) is 48.4 Å². The molecule has 1 amide bonds. The Kier molecular flexibility index (Phi) is 7.67. The smallest absolute Gasteiger partial charge is 0.266 e. The second kappa shape index (κ2) is 10.5. The molecular formula is C25H18Cl3NO2S2. The number of ether oxygens (including phenoxy) is 1. The lowest BCUT2D eigenvalue weighted by Crippen LogP contribution is -2.27. The number of rotatable bonds is 6. The lowest BCUT2D eigenvalue weighted by molar-refractivity contribution is -0.122.